The predicted octanol–water partition coefficient (Wildman–Crippen LogP) is 3.85. The maximum Gasteiger partial charge on any atom is 0.230 e. The van der Waals surface area contributed by atoms with Crippen molar-refractivity contribution in [2.75, 3.05) is 24.5 Å². The average Bonchev–Trinajstić information content (AvgIpc) is 2.74. The number of amides is 1. The fourth-order valence-electron chi connectivity index (χ4n) is 4.53. The average molecular weight is 379 g/mol. The van der Waals surface area contributed by atoms with Gasteiger partial charge in [0.2, 0.25) is 5.91 Å². The zero-order chi connectivity index (χ0) is 19.5. The van der Waals surface area contributed by atoms with Gasteiger partial charge < -0.3 is 9.80 Å². The molecule has 0 bridgehead atoms. The summed E-state index contributed by atoms with van der Waals surface area (Å²) < 4.78 is 0. The Hall–Kier alpha value is -2.43. The molecule has 0 spiro atoms. The van der Waals surface area contributed by atoms with E-state index in [4.69, 9.17) is 9.97 Å². The Labute approximate surface area is 167 Å². The lowest BCUT2D eigenvalue weighted by Crippen LogP contribution is -2.41. The van der Waals surface area contributed by atoms with Crippen LogP contribution in [0.1, 0.15) is 61.2 Å². The van der Waals surface area contributed by atoms with Gasteiger partial charge in [-0.3, -0.25) is 4.79 Å². The number of hydrogen-bond acceptors (Lipinski definition) is 4. The standard InChI is InChI=1S/C23H30N4O/c1-3-19(18-10-6-4-7-11-18)23(28)27-15-12-21-20(16-27)22(25-17(2)24-21)26-13-8-5-9-14-26/h4,6-7,10-11,19H,3,5,8-9,12-16H2,1-2H3/t19-/m1/s1. The Morgan fingerprint density at radius 2 is 1.82 bits per heavy atom. The largest absolute Gasteiger partial charge is 0.356 e. The number of hydrogen-bond donors (Lipinski definition) is 0. The molecule has 28 heavy (non-hydrogen) atoms. The van der Waals surface area contributed by atoms with E-state index in [1.165, 1.54) is 19.3 Å². The third-order valence-corrected chi connectivity index (χ3v) is 6.03. The van der Waals surface area contributed by atoms with Crippen molar-refractivity contribution in [1.29, 1.82) is 0 Å². The van der Waals surface area contributed by atoms with E-state index in [2.05, 4.69) is 24.0 Å². The molecule has 0 saturated carbocycles. The second kappa shape index (κ2) is 8.29. The number of rotatable bonds is 4. The van der Waals surface area contributed by atoms with Gasteiger partial charge in [0.25, 0.3) is 0 Å². The van der Waals surface area contributed by atoms with E-state index in [1.54, 1.807) is 0 Å². The normalized spacial score (nSPS) is 17.9. The van der Waals surface area contributed by atoms with Crippen LogP contribution in [-0.4, -0.2) is 40.4 Å². The molecule has 0 radical (unpaired) electrons. The zero-order valence-corrected chi connectivity index (χ0v) is 17.0. The third kappa shape index (κ3) is 3.75. The first kappa shape index (κ1) is 18.9. The SMILES string of the molecule is CC[C@@H](C(=O)N1CCc2nc(C)nc(N3CCCCC3)c2C1)c1ccccc1. The van der Waals surface area contributed by atoms with Crippen LogP contribution in [0.4, 0.5) is 5.82 Å². The Kier molecular flexibility index (Phi) is 5.60. The molecule has 1 aromatic carbocycles. The number of fused-ring (bicyclic) bond motifs is 1. The maximum atomic E-state index is 13.4. The van der Waals surface area contributed by atoms with Crippen molar-refractivity contribution < 1.29 is 4.79 Å². The first-order valence-corrected chi connectivity index (χ1v) is 10.6. The van der Waals surface area contributed by atoms with E-state index >= 15 is 0 Å². The molecule has 1 atom stereocenters. The first-order valence-electron chi connectivity index (χ1n) is 10.6. The molecule has 0 aliphatic carbocycles. The number of anilines is 1. The summed E-state index contributed by atoms with van der Waals surface area (Å²) in [6, 6.07) is 10.2. The molecule has 0 N–H and O–H groups in total. The molecule has 4 rings (SSSR count). The van der Waals surface area contributed by atoms with Crippen LogP contribution in [0, 0.1) is 6.92 Å². The molecule has 0 unspecified atom stereocenters. The van der Waals surface area contributed by atoms with Gasteiger partial charge in [0.05, 0.1) is 18.2 Å². The van der Waals surface area contributed by atoms with E-state index in [9.17, 15) is 4.79 Å². The van der Waals surface area contributed by atoms with Crippen molar-refractivity contribution >= 4 is 11.7 Å². The van der Waals surface area contributed by atoms with Crippen molar-refractivity contribution in [3.63, 3.8) is 0 Å². The van der Waals surface area contributed by atoms with Gasteiger partial charge in [-0.05, 0) is 38.2 Å². The molecule has 2 aliphatic heterocycles. The summed E-state index contributed by atoms with van der Waals surface area (Å²) in [5.74, 6) is 2.05. The van der Waals surface area contributed by atoms with Gasteiger partial charge in [0, 0.05) is 31.6 Å². The van der Waals surface area contributed by atoms with Gasteiger partial charge >= 0.3 is 0 Å². The van der Waals surface area contributed by atoms with Crippen LogP contribution in [0.25, 0.3) is 0 Å². The highest BCUT2D eigenvalue weighted by atomic mass is 16.2. The van der Waals surface area contributed by atoms with Gasteiger partial charge in [-0.2, -0.15) is 0 Å². The summed E-state index contributed by atoms with van der Waals surface area (Å²) in [4.78, 5) is 27.3. The fraction of sp³-hybridized carbons (Fsp3) is 0.522. The van der Waals surface area contributed by atoms with E-state index < -0.39 is 0 Å². The Bertz CT molecular complexity index is 830. The molecule has 2 aromatic rings. The maximum absolute atomic E-state index is 13.4. The van der Waals surface area contributed by atoms with E-state index in [0.717, 1.165) is 60.9 Å². The van der Waals surface area contributed by atoms with Crippen molar-refractivity contribution in [3.8, 4) is 0 Å². The molecule has 3 heterocycles. The summed E-state index contributed by atoms with van der Waals surface area (Å²) in [6.45, 7) is 7.55. The van der Waals surface area contributed by atoms with Gasteiger partial charge in [-0.15, -0.1) is 0 Å². The lowest BCUT2D eigenvalue weighted by atomic mass is 9.93. The molecule has 5 nitrogen and oxygen atoms in total. The number of aryl methyl sites for hydroxylation is 1. The Morgan fingerprint density at radius 1 is 1.07 bits per heavy atom. The highest BCUT2D eigenvalue weighted by Crippen LogP contribution is 2.31. The van der Waals surface area contributed by atoms with Gasteiger partial charge in [-0.25, -0.2) is 9.97 Å². The van der Waals surface area contributed by atoms with Crippen LogP contribution in [0.15, 0.2) is 30.3 Å². The fourth-order valence-corrected chi connectivity index (χ4v) is 4.53. The topological polar surface area (TPSA) is 49.3 Å². The summed E-state index contributed by atoms with van der Waals surface area (Å²) in [5, 5.41) is 0. The molecule has 1 fully saturated rings. The minimum absolute atomic E-state index is 0.0763. The molecule has 1 saturated heterocycles. The molecule has 5 heteroatoms. The minimum Gasteiger partial charge on any atom is -0.356 e. The molecular formula is C23H30N4O. The van der Waals surface area contributed by atoms with Crippen LogP contribution in [0.2, 0.25) is 0 Å². The molecule has 1 amide bonds. The van der Waals surface area contributed by atoms with Crippen molar-refractivity contribution in [2.24, 2.45) is 0 Å². The monoisotopic (exact) mass is 378 g/mol. The van der Waals surface area contributed by atoms with Crippen molar-refractivity contribution in [2.45, 2.75) is 58.4 Å². The quantitative estimate of drug-likeness (QED) is 0.811. The zero-order valence-electron chi connectivity index (χ0n) is 17.0. The van der Waals surface area contributed by atoms with E-state index in [1.807, 2.05) is 30.0 Å². The van der Waals surface area contributed by atoms with Gasteiger partial charge in [0.1, 0.15) is 11.6 Å². The second-order valence-corrected chi connectivity index (χ2v) is 7.95. The van der Waals surface area contributed by atoms with Crippen LogP contribution in [0.5, 0.6) is 0 Å². The van der Waals surface area contributed by atoms with E-state index in [-0.39, 0.29) is 11.8 Å². The van der Waals surface area contributed by atoms with Crippen LogP contribution < -0.4 is 4.90 Å². The number of benzene rings is 1. The van der Waals surface area contributed by atoms with Crippen LogP contribution in [0.3, 0.4) is 0 Å². The predicted molar refractivity (Wildman–Crippen MR) is 111 cm³/mol. The summed E-state index contributed by atoms with van der Waals surface area (Å²) >= 11 is 0. The Morgan fingerprint density at radius 3 is 2.54 bits per heavy atom. The van der Waals surface area contributed by atoms with Crippen LogP contribution in [-0.2, 0) is 17.8 Å². The second-order valence-electron chi connectivity index (χ2n) is 7.95. The first-order chi connectivity index (χ1) is 13.7. The third-order valence-electron chi connectivity index (χ3n) is 6.03. The molecule has 148 valence electrons. The molecule has 1 aromatic heterocycles. The minimum atomic E-state index is -0.0763. The number of piperidine rings is 1. The summed E-state index contributed by atoms with van der Waals surface area (Å²) in [6.07, 6.45) is 5.35. The summed E-state index contributed by atoms with van der Waals surface area (Å²) in [5.41, 5.74) is 3.40. The molecular weight excluding hydrogens is 348 g/mol. The summed E-state index contributed by atoms with van der Waals surface area (Å²) in [7, 11) is 0. The number of nitrogens with zero attached hydrogens (tertiary/aromatic N) is 4. The van der Waals surface area contributed by atoms with Crippen LogP contribution >= 0.6 is 0 Å². The number of aromatic nitrogens is 2. The highest BCUT2D eigenvalue weighted by molar-refractivity contribution is 5.84. The lowest BCUT2D eigenvalue weighted by Gasteiger charge is -2.35. The van der Waals surface area contributed by atoms with Gasteiger partial charge in [-0.1, -0.05) is 37.3 Å². The number of carbonyl (C=O) groups excluding carboxylic acids is 1. The smallest absolute Gasteiger partial charge is 0.230 e. The number of carbonyl (C=O) groups is 1. The van der Waals surface area contributed by atoms with Crippen molar-refractivity contribution in [1.82, 2.24) is 14.9 Å². The van der Waals surface area contributed by atoms with E-state index in [0.29, 0.717) is 6.54 Å². The van der Waals surface area contributed by atoms with Gasteiger partial charge in [0.15, 0.2) is 0 Å². The Balaban J connectivity index is 1.61. The molecule has 2 aliphatic rings. The lowest BCUT2D eigenvalue weighted by molar-refractivity contribution is -0.133. The highest BCUT2D eigenvalue weighted by Gasteiger charge is 2.31. The van der Waals surface area contributed by atoms with Crippen molar-refractivity contribution in [3.05, 3.63) is 53.0 Å².